The number of nitrogens with one attached hydrogen (secondary N) is 2. The van der Waals surface area contributed by atoms with Gasteiger partial charge in [-0.25, -0.2) is 9.97 Å². The fourth-order valence-electron chi connectivity index (χ4n) is 2.04. The maximum atomic E-state index is 4.13. The second-order valence-electron chi connectivity index (χ2n) is 4.61. The summed E-state index contributed by atoms with van der Waals surface area (Å²) in [5.41, 5.74) is 2.25. The van der Waals surface area contributed by atoms with Gasteiger partial charge in [-0.1, -0.05) is 60.7 Å². The molecule has 108 valence electrons. The largest absolute Gasteiger partial charge is 0.345 e. The van der Waals surface area contributed by atoms with E-state index in [2.05, 4.69) is 19.9 Å². The average Bonchev–Trinajstić information content (AvgIpc) is 3.31. The molecule has 0 saturated heterocycles. The van der Waals surface area contributed by atoms with Gasteiger partial charge in [0.1, 0.15) is 11.6 Å². The van der Waals surface area contributed by atoms with E-state index >= 15 is 0 Å². The second kappa shape index (κ2) is 7.04. The third kappa shape index (κ3) is 3.49. The molecule has 0 radical (unpaired) electrons. The van der Waals surface area contributed by atoms with Crippen LogP contribution in [0.1, 0.15) is 0 Å². The van der Waals surface area contributed by atoms with E-state index in [0.717, 1.165) is 22.8 Å². The molecule has 0 unspecified atom stereocenters. The third-order valence-electron chi connectivity index (χ3n) is 3.09. The summed E-state index contributed by atoms with van der Waals surface area (Å²) >= 11 is 0. The van der Waals surface area contributed by atoms with E-state index in [1.165, 1.54) is 0 Å². The first-order valence-electron chi connectivity index (χ1n) is 7.03. The molecule has 4 rings (SSSR count). The van der Waals surface area contributed by atoms with E-state index < -0.39 is 0 Å². The van der Waals surface area contributed by atoms with E-state index in [9.17, 15) is 0 Å². The Kier molecular flexibility index (Phi) is 4.42. The molecule has 0 atom stereocenters. The summed E-state index contributed by atoms with van der Waals surface area (Å²) in [6.07, 6.45) is 7.15. The van der Waals surface area contributed by atoms with E-state index in [4.69, 9.17) is 0 Å². The van der Waals surface area contributed by atoms with Gasteiger partial charge in [0.05, 0.1) is 0 Å². The molecule has 2 aromatic carbocycles. The lowest BCUT2D eigenvalue weighted by Crippen LogP contribution is -1.77. The number of rotatable bonds is 2. The lowest BCUT2D eigenvalue weighted by Gasteiger charge is -1.92. The Morgan fingerprint density at radius 3 is 1.27 bits per heavy atom. The van der Waals surface area contributed by atoms with E-state index in [-0.39, 0.29) is 0 Å². The van der Waals surface area contributed by atoms with Gasteiger partial charge in [-0.05, 0) is 0 Å². The number of hydrogen-bond acceptors (Lipinski definition) is 2. The molecule has 22 heavy (non-hydrogen) atoms. The monoisotopic (exact) mass is 288 g/mol. The van der Waals surface area contributed by atoms with Crippen LogP contribution in [0.2, 0.25) is 0 Å². The van der Waals surface area contributed by atoms with Crippen molar-refractivity contribution in [3.05, 3.63) is 85.5 Å². The Balaban J connectivity index is 0.000000131. The number of hydrogen-bond donors (Lipinski definition) is 2. The number of aromatic amines is 2. The molecule has 0 spiro atoms. The van der Waals surface area contributed by atoms with Crippen molar-refractivity contribution in [3.63, 3.8) is 0 Å². The van der Waals surface area contributed by atoms with Crippen molar-refractivity contribution in [1.82, 2.24) is 19.9 Å². The highest BCUT2D eigenvalue weighted by Crippen LogP contribution is 2.12. The third-order valence-corrected chi connectivity index (χ3v) is 3.09. The minimum atomic E-state index is 0.922. The van der Waals surface area contributed by atoms with E-state index in [1.54, 1.807) is 12.4 Å². The minimum absolute atomic E-state index is 0.922. The molecule has 4 nitrogen and oxygen atoms in total. The maximum absolute atomic E-state index is 4.13. The van der Waals surface area contributed by atoms with Crippen molar-refractivity contribution < 1.29 is 0 Å². The Morgan fingerprint density at radius 1 is 0.545 bits per heavy atom. The van der Waals surface area contributed by atoms with Crippen LogP contribution in [0.5, 0.6) is 0 Å². The first kappa shape index (κ1) is 13.8. The molecule has 0 fully saturated rings. The standard InChI is InChI=1S/2C9H8N2/c2*1-2-4-8(5-3-1)9-10-6-7-11-9/h2*1-7H,(H,10,11). The number of benzene rings is 2. The molecule has 0 amide bonds. The maximum Gasteiger partial charge on any atom is 0.137 e. The van der Waals surface area contributed by atoms with Crippen molar-refractivity contribution in [2.75, 3.05) is 0 Å². The molecule has 2 N–H and O–H groups in total. The highest BCUT2D eigenvalue weighted by Gasteiger charge is 1.95. The predicted octanol–water partition coefficient (Wildman–Crippen LogP) is 4.15. The van der Waals surface area contributed by atoms with Gasteiger partial charge in [0.25, 0.3) is 0 Å². The zero-order valence-corrected chi connectivity index (χ0v) is 12.0. The summed E-state index contributed by atoms with van der Waals surface area (Å²) in [6.45, 7) is 0. The number of nitrogens with zero attached hydrogens (tertiary/aromatic N) is 2. The summed E-state index contributed by atoms with van der Waals surface area (Å²) in [5.74, 6) is 1.84. The Bertz CT molecular complexity index is 691. The van der Waals surface area contributed by atoms with Crippen molar-refractivity contribution in [2.45, 2.75) is 0 Å². The molecule has 0 aliphatic rings. The predicted molar refractivity (Wildman–Crippen MR) is 88.0 cm³/mol. The van der Waals surface area contributed by atoms with Crippen molar-refractivity contribution in [3.8, 4) is 22.8 Å². The highest BCUT2D eigenvalue weighted by atomic mass is 14.9. The molecule has 0 bridgehead atoms. The van der Waals surface area contributed by atoms with Gasteiger partial charge < -0.3 is 9.97 Å². The Morgan fingerprint density at radius 2 is 0.955 bits per heavy atom. The normalized spacial score (nSPS) is 9.82. The van der Waals surface area contributed by atoms with E-state index in [1.807, 2.05) is 73.1 Å². The average molecular weight is 288 g/mol. The van der Waals surface area contributed by atoms with Crippen LogP contribution in [0, 0.1) is 0 Å². The second-order valence-corrected chi connectivity index (χ2v) is 4.61. The van der Waals surface area contributed by atoms with Gasteiger partial charge in [-0.2, -0.15) is 0 Å². The van der Waals surface area contributed by atoms with Gasteiger partial charge in [-0.3, -0.25) is 0 Å². The van der Waals surface area contributed by atoms with Gasteiger partial charge >= 0.3 is 0 Å². The topological polar surface area (TPSA) is 57.4 Å². The van der Waals surface area contributed by atoms with Crippen molar-refractivity contribution in [2.24, 2.45) is 0 Å². The molecule has 0 aliphatic heterocycles. The van der Waals surface area contributed by atoms with Crippen LogP contribution in [0.25, 0.3) is 22.8 Å². The van der Waals surface area contributed by atoms with Crippen molar-refractivity contribution >= 4 is 0 Å². The number of imidazole rings is 2. The van der Waals surface area contributed by atoms with Crippen LogP contribution in [0.15, 0.2) is 85.5 Å². The smallest absolute Gasteiger partial charge is 0.137 e. The fourth-order valence-corrected chi connectivity index (χ4v) is 2.04. The summed E-state index contributed by atoms with van der Waals surface area (Å²) < 4.78 is 0. The molecule has 2 heterocycles. The Hall–Kier alpha value is -3.14. The SMILES string of the molecule is c1ccc(-c2ncc[nH]2)cc1.c1ccc(-c2ncc[nH]2)cc1. The molecular weight excluding hydrogens is 272 g/mol. The van der Waals surface area contributed by atoms with Crippen LogP contribution in [0.3, 0.4) is 0 Å². The van der Waals surface area contributed by atoms with Crippen LogP contribution in [0.4, 0.5) is 0 Å². The molecule has 0 saturated carbocycles. The van der Waals surface area contributed by atoms with Gasteiger partial charge in [0.15, 0.2) is 0 Å². The van der Waals surface area contributed by atoms with Crippen LogP contribution in [-0.4, -0.2) is 19.9 Å². The van der Waals surface area contributed by atoms with Crippen LogP contribution >= 0.6 is 0 Å². The van der Waals surface area contributed by atoms with Crippen LogP contribution in [-0.2, 0) is 0 Å². The van der Waals surface area contributed by atoms with E-state index in [0.29, 0.717) is 0 Å². The quantitative estimate of drug-likeness (QED) is 0.582. The molecule has 0 aliphatic carbocycles. The van der Waals surface area contributed by atoms with Gasteiger partial charge in [0, 0.05) is 35.9 Å². The summed E-state index contributed by atoms with van der Waals surface area (Å²) in [6, 6.07) is 20.1. The van der Waals surface area contributed by atoms with Gasteiger partial charge in [-0.15, -0.1) is 0 Å². The molecular formula is C18H16N4. The first-order valence-corrected chi connectivity index (χ1v) is 7.03. The summed E-state index contributed by atoms with van der Waals surface area (Å²) in [7, 11) is 0. The van der Waals surface area contributed by atoms with Gasteiger partial charge in [0.2, 0.25) is 0 Å². The first-order chi connectivity index (χ1) is 10.9. The molecule has 4 aromatic rings. The number of aromatic nitrogens is 4. The fraction of sp³-hybridized carbons (Fsp3) is 0. The lowest BCUT2D eigenvalue weighted by molar-refractivity contribution is 1.31. The summed E-state index contributed by atoms with van der Waals surface area (Å²) in [5, 5.41) is 0. The molecule has 2 aromatic heterocycles. The summed E-state index contributed by atoms with van der Waals surface area (Å²) in [4.78, 5) is 14.3. The number of H-pyrrole nitrogens is 2. The highest BCUT2D eigenvalue weighted by molar-refractivity contribution is 5.54. The zero-order chi connectivity index (χ0) is 15.0. The zero-order valence-electron chi connectivity index (χ0n) is 12.0. The minimum Gasteiger partial charge on any atom is -0.345 e. The molecule has 4 heteroatoms. The lowest BCUT2D eigenvalue weighted by atomic mass is 10.2. The Labute approximate surface area is 128 Å². The van der Waals surface area contributed by atoms with Crippen molar-refractivity contribution in [1.29, 1.82) is 0 Å². The van der Waals surface area contributed by atoms with Crippen LogP contribution < -0.4 is 0 Å².